The molecule has 2 aliphatic heterocycles. The van der Waals surface area contributed by atoms with Crippen LogP contribution < -0.4 is 0 Å². The fourth-order valence-electron chi connectivity index (χ4n) is 5.30. The number of rotatable bonds is 20. The van der Waals surface area contributed by atoms with Crippen LogP contribution in [0.5, 0.6) is 0 Å². The van der Waals surface area contributed by atoms with Crippen LogP contribution in [0.2, 0.25) is 26.2 Å². The lowest BCUT2D eigenvalue weighted by molar-refractivity contribution is -0.0140. The van der Waals surface area contributed by atoms with Gasteiger partial charge in [-0.05, 0) is 81.6 Å². The van der Waals surface area contributed by atoms with E-state index in [2.05, 4.69) is 63.7 Å². The van der Waals surface area contributed by atoms with Gasteiger partial charge in [-0.15, -0.1) is 0 Å². The van der Waals surface area contributed by atoms with Crippen LogP contribution in [0, 0.1) is 0 Å². The van der Waals surface area contributed by atoms with Crippen molar-refractivity contribution >= 4 is 34.2 Å². The molecule has 0 N–H and O–H groups in total. The summed E-state index contributed by atoms with van der Waals surface area (Å²) in [5.74, 6) is 0. The van der Waals surface area contributed by atoms with Crippen LogP contribution in [0.4, 0.5) is 0 Å². The summed E-state index contributed by atoms with van der Waals surface area (Å²) in [5.41, 5.74) is 0. The van der Waals surface area contributed by atoms with Gasteiger partial charge in [0.15, 0.2) is 0 Å². The molecule has 2 saturated heterocycles. The summed E-state index contributed by atoms with van der Waals surface area (Å²) in [6.07, 6.45) is 1.29. The molecule has 0 aliphatic carbocycles. The van der Waals surface area contributed by atoms with Crippen LogP contribution in [-0.2, 0) is 40.1 Å². The highest BCUT2D eigenvalue weighted by atomic mass is 28.5. The quantitative estimate of drug-likeness (QED) is 0.175. The van der Waals surface area contributed by atoms with Crippen molar-refractivity contribution in [1.82, 2.24) is 9.80 Å². The minimum Gasteiger partial charge on any atom is -0.412 e. The summed E-state index contributed by atoms with van der Waals surface area (Å²) in [5, 5.41) is -1.17. The molecule has 0 aromatic carbocycles. The van der Waals surface area contributed by atoms with Gasteiger partial charge in [0, 0.05) is 52.6 Å². The molecule has 11 nitrogen and oxygen atoms in total. The smallest absolute Gasteiger partial charge is 0.412 e. The van der Waals surface area contributed by atoms with Gasteiger partial charge in [0.05, 0.1) is 49.2 Å². The average molecular weight is 685 g/mol. The minimum atomic E-state index is -3.08. The Kier molecular flexibility index (Phi) is 15.7. The van der Waals surface area contributed by atoms with Crippen molar-refractivity contribution < 1.29 is 40.1 Å². The molecule has 0 atom stereocenters. The predicted octanol–water partition coefficient (Wildman–Crippen LogP) is 3.85. The van der Waals surface area contributed by atoms with Gasteiger partial charge in [0.2, 0.25) is 16.6 Å². The lowest BCUT2D eigenvalue weighted by Crippen LogP contribution is -2.71. The van der Waals surface area contributed by atoms with Crippen molar-refractivity contribution in [2.75, 3.05) is 91.4 Å². The van der Waals surface area contributed by atoms with E-state index in [0.717, 1.165) is 26.2 Å². The molecule has 0 radical (unpaired) electrons. The van der Waals surface area contributed by atoms with Crippen LogP contribution in [0.3, 0.4) is 0 Å². The van der Waals surface area contributed by atoms with Crippen molar-refractivity contribution in [3.63, 3.8) is 0 Å². The highest BCUT2D eigenvalue weighted by Crippen LogP contribution is 2.38. The Morgan fingerprint density at radius 1 is 0.535 bits per heavy atom. The SMILES string of the molecule is CCO[Si](CN1CCOCC1)(OCC)OC(C)(C)[Si](C)(C)OC(C)(C)[Si](C)(C)O[Si](CN1CCOCC1)(OCC)OCC. The van der Waals surface area contributed by atoms with Crippen LogP contribution in [0.15, 0.2) is 0 Å². The molecule has 2 fully saturated rings. The van der Waals surface area contributed by atoms with Gasteiger partial charge in [0.1, 0.15) is 0 Å². The largest absolute Gasteiger partial charge is 0.516 e. The molecule has 0 spiro atoms. The van der Waals surface area contributed by atoms with Crippen molar-refractivity contribution in [2.45, 2.75) is 92.0 Å². The highest BCUT2D eigenvalue weighted by Gasteiger charge is 2.59. The van der Waals surface area contributed by atoms with Crippen molar-refractivity contribution in [3.05, 3.63) is 0 Å². The van der Waals surface area contributed by atoms with E-state index in [-0.39, 0.29) is 0 Å². The van der Waals surface area contributed by atoms with Crippen LogP contribution in [0.1, 0.15) is 55.4 Å². The van der Waals surface area contributed by atoms with Gasteiger partial charge in [-0.2, -0.15) is 0 Å². The van der Waals surface area contributed by atoms with Crippen LogP contribution in [-0.4, -0.2) is 146 Å². The van der Waals surface area contributed by atoms with Crippen molar-refractivity contribution in [3.8, 4) is 0 Å². The summed E-state index contributed by atoms with van der Waals surface area (Å²) < 4.78 is 58.4. The second kappa shape index (κ2) is 17.0. The van der Waals surface area contributed by atoms with Gasteiger partial charge in [0.25, 0.3) is 0 Å². The zero-order valence-corrected chi connectivity index (χ0v) is 33.5. The monoisotopic (exact) mass is 684 g/mol. The maximum absolute atomic E-state index is 7.24. The number of morpholine rings is 2. The zero-order valence-electron chi connectivity index (χ0n) is 29.5. The zero-order chi connectivity index (χ0) is 32.4. The second-order valence-electron chi connectivity index (χ2n) is 13.2. The van der Waals surface area contributed by atoms with E-state index in [0.29, 0.717) is 65.2 Å². The second-order valence-corrected chi connectivity index (χ2v) is 27.4. The Hall–Kier alpha value is 0.428. The molecule has 256 valence electrons. The molecule has 0 amide bonds. The van der Waals surface area contributed by atoms with Gasteiger partial charge >= 0.3 is 17.6 Å². The summed E-state index contributed by atoms with van der Waals surface area (Å²) in [4.78, 5) is 4.70. The van der Waals surface area contributed by atoms with Gasteiger partial charge < -0.3 is 40.1 Å². The van der Waals surface area contributed by atoms with E-state index in [4.69, 9.17) is 40.1 Å². The molecule has 2 heterocycles. The van der Waals surface area contributed by atoms with Crippen LogP contribution in [0.25, 0.3) is 0 Å². The lowest BCUT2D eigenvalue weighted by Gasteiger charge is -2.52. The predicted molar refractivity (Wildman–Crippen MR) is 179 cm³/mol. The molecule has 0 bridgehead atoms. The fourth-order valence-corrected chi connectivity index (χ4v) is 19.8. The Bertz CT molecular complexity index is 735. The summed E-state index contributed by atoms with van der Waals surface area (Å²) in [6, 6.07) is 0. The Balaban J connectivity index is 2.31. The molecule has 15 heteroatoms. The van der Waals surface area contributed by atoms with Gasteiger partial charge in [-0.3, -0.25) is 9.80 Å². The third-order valence-corrected chi connectivity index (χ3v) is 24.9. The molecular weight excluding hydrogens is 621 g/mol. The van der Waals surface area contributed by atoms with Crippen molar-refractivity contribution in [1.29, 1.82) is 0 Å². The summed E-state index contributed by atoms with van der Waals surface area (Å²) in [7, 11) is -11.3. The van der Waals surface area contributed by atoms with Crippen LogP contribution >= 0.6 is 0 Å². The number of nitrogens with zero attached hydrogens (tertiary/aromatic N) is 2. The first-order valence-corrected chi connectivity index (χ1v) is 26.0. The molecule has 43 heavy (non-hydrogen) atoms. The molecule has 0 aromatic heterocycles. The van der Waals surface area contributed by atoms with Gasteiger partial charge in [-0.1, -0.05) is 0 Å². The number of ether oxygens (including phenoxy) is 2. The lowest BCUT2D eigenvalue weighted by atomic mass is 10.5. The van der Waals surface area contributed by atoms with E-state index < -0.39 is 44.7 Å². The average Bonchev–Trinajstić information content (AvgIpc) is 2.89. The maximum Gasteiger partial charge on any atom is 0.516 e. The molecule has 0 saturated carbocycles. The van der Waals surface area contributed by atoms with Crippen molar-refractivity contribution in [2.24, 2.45) is 0 Å². The molecular formula is C28H64N2O9Si4. The molecule has 2 aliphatic rings. The first-order valence-electron chi connectivity index (χ1n) is 16.3. The standard InChI is InChI=1S/C28H64N2O9Si4/c1-13-33-42(34-14-2,25-29-17-21-31-22-18-29)38-28(7,8)40(9,10)37-27(5,6)41(11,12)39-43(35-15-3,36-16-4)26-30-19-23-32-24-20-30/h13-26H2,1-12H3. The normalized spacial score (nSPS) is 19.3. The van der Waals surface area contributed by atoms with E-state index in [9.17, 15) is 0 Å². The van der Waals surface area contributed by atoms with Gasteiger partial charge in [-0.25, -0.2) is 0 Å². The first kappa shape index (κ1) is 39.6. The van der Waals surface area contributed by atoms with E-state index >= 15 is 0 Å². The maximum atomic E-state index is 7.24. The third-order valence-electron chi connectivity index (χ3n) is 8.73. The van der Waals surface area contributed by atoms with E-state index in [1.165, 1.54) is 0 Å². The van der Waals surface area contributed by atoms with E-state index in [1.54, 1.807) is 0 Å². The first-order chi connectivity index (χ1) is 20.0. The fraction of sp³-hybridized carbons (Fsp3) is 1.00. The molecule has 2 rings (SSSR count). The third kappa shape index (κ3) is 11.3. The topological polar surface area (TPSA) is 89.6 Å². The summed E-state index contributed by atoms with van der Waals surface area (Å²) >= 11 is 0. The minimum absolute atomic E-state index is 0.527. The Labute approximate surface area is 267 Å². The molecule has 0 unspecified atom stereocenters. The highest BCUT2D eigenvalue weighted by molar-refractivity contribution is 6.84. The Morgan fingerprint density at radius 3 is 1.28 bits per heavy atom. The Morgan fingerprint density at radius 2 is 0.884 bits per heavy atom. The summed E-state index contributed by atoms with van der Waals surface area (Å²) in [6.45, 7) is 33.9. The van der Waals surface area contributed by atoms with E-state index in [1.807, 2.05) is 27.7 Å². The number of hydrogen-bond donors (Lipinski definition) is 0. The molecule has 0 aromatic rings. The number of hydrogen-bond acceptors (Lipinski definition) is 11.